The Kier molecular flexibility index (Phi) is 6.18. The minimum absolute atomic E-state index is 0.0800. The molecule has 1 aliphatic carbocycles. The fourth-order valence-electron chi connectivity index (χ4n) is 2.41. The van der Waals surface area contributed by atoms with E-state index < -0.39 is 0 Å². The molecule has 0 atom stereocenters. The van der Waals surface area contributed by atoms with Crippen molar-refractivity contribution in [2.45, 2.75) is 70.3 Å². The average Bonchev–Trinajstić information content (AvgIpc) is 2.74. The highest BCUT2D eigenvalue weighted by molar-refractivity contribution is 6.18. The van der Waals surface area contributed by atoms with Gasteiger partial charge in [0.2, 0.25) is 5.91 Å². The van der Waals surface area contributed by atoms with Crippen LogP contribution in [-0.4, -0.2) is 17.3 Å². The molecule has 0 aromatic heterocycles. The lowest BCUT2D eigenvalue weighted by atomic mass is 10.00. The lowest BCUT2D eigenvalue weighted by Gasteiger charge is -2.27. The van der Waals surface area contributed by atoms with Gasteiger partial charge in [-0.15, -0.1) is 11.6 Å². The zero-order valence-electron chi connectivity index (χ0n) is 10.4. The molecule has 0 unspecified atom stereocenters. The van der Waals surface area contributed by atoms with Crippen LogP contribution in [0.1, 0.15) is 64.7 Å². The number of carbonyl (C=O) groups excluding carboxylic acids is 1. The van der Waals surface area contributed by atoms with Crippen molar-refractivity contribution >= 4 is 17.5 Å². The molecule has 2 nitrogen and oxygen atoms in total. The van der Waals surface area contributed by atoms with Gasteiger partial charge in [-0.1, -0.05) is 39.0 Å². The first-order valence-corrected chi connectivity index (χ1v) is 7.13. The summed E-state index contributed by atoms with van der Waals surface area (Å²) < 4.78 is 0. The van der Waals surface area contributed by atoms with Crippen LogP contribution in [-0.2, 0) is 4.79 Å². The summed E-state index contributed by atoms with van der Waals surface area (Å²) in [5, 5.41) is 3.15. The Bertz CT molecular complexity index is 212. The van der Waals surface area contributed by atoms with E-state index in [2.05, 4.69) is 12.2 Å². The highest BCUT2D eigenvalue weighted by Crippen LogP contribution is 2.30. The van der Waals surface area contributed by atoms with Gasteiger partial charge in [-0.3, -0.25) is 4.79 Å². The number of nitrogens with one attached hydrogen (secondary N) is 1. The van der Waals surface area contributed by atoms with E-state index >= 15 is 0 Å². The number of unbranched alkanes of at least 4 members (excludes halogenated alkanes) is 3. The highest BCUT2D eigenvalue weighted by atomic mass is 35.5. The molecule has 0 bridgehead atoms. The summed E-state index contributed by atoms with van der Waals surface area (Å²) in [5.41, 5.74) is -0.0800. The maximum Gasteiger partial charge on any atom is 0.220 e. The Morgan fingerprint density at radius 2 is 1.94 bits per heavy atom. The second-order valence-corrected chi connectivity index (χ2v) is 5.25. The minimum atomic E-state index is -0.0800. The number of rotatable bonds is 7. The molecule has 1 N–H and O–H groups in total. The quantitative estimate of drug-likeness (QED) is 0.539. The number of amides is 1. The fraction of sp³-hybridized carbons (Fsp3) is 0.923. The van der Waals surface area contributed by atoms with Gasteiger partial charge < -0.3 is 5.32 Å². The smallest absolute Gasteiger partial charge is 0.220 e. The number of alkyl halides is 1. The second-order valence-electron chi connectivity index (χ2n) is 4.98. The average molecular weight is 246 g/mol. The van der Waals surface area contributed by atoms with Gasteiger partial charge in [0.15, 0.2) is 0 Å². The molecule has 0 saturated heterocycles. The van der Waals surface area contributed by atoms with Gasteiger partial charge in [-0.2, -0.15) is 0 Å². The number of hydrogen-bond donors (Lipinski definition) is 1. The standard InChI is InChI=1S/C13H24ClNO/c1-2-3-4-5-8-12(16)15-13(11-14)9-6-7-10-13/h2-11H2,1H3,(H,15,16). The van der Waals surface area contributed by atoms with Crippen LogP contribution in [0.2, 0.25) is 0 Å². The summed E-state index contributed by atoms with van der Waals surface area (Å²) in [6.45, 7) is 2.18. The Labute approximate surface area is 104 Å². The van der Waals surface area contributed by atoms with E-state index in [4.69, 9.17) is 11.6 Å². The summed E-state index contributed by atoms with van der Waals surface area (Å²) in [6, 6.07) is 0. The molecule has 0 radical (unpaired) electrons. The Balaban J connectivity index is 2.21. The molecule has 0 heterocycles. The zero-order valence-corrected chi connectivity index (χ0v) is 11.1. The predicted molar refractivity (Wildman–Crippen MR) is 68.8 cm³/mol. The van der Waals surface area contributed by atoms with Gasteiger partial charge in [0.1, 0.15) is 0 Å². The maximum atomic E-state index is 11.8. The molecule has 1 amide bonds. The molecule has 0 spiro atoms. The molecular formula is C13H24ClNO. The van der Waals surface area contributed by atoms with Crippen LogP contribution in [0.15, 0.2) is 0 Å². The SMILES string of the molecule is CCCCCCC(=O)NC1(CCl)CCCC1. The third-order valence-corrected chi connectivity index (χ3v) is 3.99. The fourth-order valence-corrected chi connectivity index (χ4v) is 2.75. The monoisotopic (exact) mass is 245 g/mol. The van der Waals surface area contributed by atoms with Crippen molar-refractivity contribution in [2.24, 2.45) is 0 Å². The summed E-state index contributed by atoms with van der Waals surface area (Å²) in [4.78, 5) is 11.8. The number of halogens is 1. The summed E-state index contributed by atoms with van der Waals surface area (Å²) in [7, 11) is 0. The first-order valence-electron chi connectivity index (χ1n) is 6.59. The van der Waals surface area contributed by atoms with Crippen LogP contribution in [0.25, 0.3) is 0 Å². The van der Waals surface area contributed by atoms with Gasteiger partial charge in [0.05, 0.1) is 5.54 Å². The summed E-state index contributed by atoms with van der Waals surface area (Å²) >= 11 is 5.98. The normalized spacial score (nSPS) is 18.6. The van der Waals surface area contributed by atoms with E-state index in [1.54, 1.807) is 0 Å². The van der Waals surface area contributed by atoms with Gasteiger partial charge in [0, 0.05) is 12.3 Å². The van der Waals surface area contributed by atoms with Crippen LogP contribution in [0, 0.1) is 0 Å². The van der Waals surface area contributed by atoms with Crippen molar-refractivity contribution in [3.8, 4) is 0 Å². The van der Waals surface area contributed by atoms with Crippen LogP contribution >= 0.6 is 11.6 Å². The highest BCUT2D eigenvalue weighted by Gasteiger charge is 2.33. The molecule has 0 aromatic rings. The van der Waals surface area contributed by atoms with Crippen molar-refractivity contribution in [2.75, 3.05) is 5.88 Å². The Morgan fingerprint density at radius 1 is 1.25 bits per heavy atom. The van der Waals surface area contributed by atoms with E-state index in [1.807, 2.05) is 0 Å². The molecule has 1 saturated carbocycles. The summed E-state index contributed by atoms with van der Waals surface area (Å²) in [6.07, 6.45) is 9.79. The van der Waals surface area contributed by atoms with Crippen molar-refractivity contribution < 1.29 is 4.79 Å². The molecule has 0 aromatic carbocycles. The largest absolute Gasteiger partial charge is 0.349 e. The van der Waals surface area contributed by atoms with Crippen LogP contribution in [0.5, 0.6) is 0 Å². The van der Waals surface area contributed by atoms with Gasteiger partial charge in [-0.25, -0.2) is 0 Å². The van der Waals surface area contributed by atoms with E-state index in [0.717, 1.165) is 25.7 Å². The zero-order chi connectivity index (χ0) is 11.9. The third kappa shape index (κ3) is 4.32. The van der Waals surface area contributed by atoms with Crippen LogP contribution in [0.3, 0.4) is 0 Å². The minimum Gasteiger partial charge on any atom is -0.349 e. The molecule has 16 heavy (non-hydrogen) atoms. The van der Waals surface area contributed by atoms with Crippen molar-refractivity contribution in [3.05, 3.63) is 0 Å². The molecule has 1 aliphatic rings. The first-order chi connectivity index (χ1) is 7.72. The third-order valence-electron chi connectivity index (χ3n) is 3.48. The molecule has 94 valence electrons. The van der Waals surface area contributed by atoms with Crippen LogP contribution < -0.4 is 5.32 Å². The first kappa shape index (κ1) is 13.8. The lowest BCUT2D eigenvalue weighted by molar-refractivity contribution is -0.122. The summed E-state index contributed by atoms with van der Waals surface area (Å²) in [5.74, 6) is 0.756. The molecule has 0 aliphatic heterocycles. The molecule has 3 heteroatoms. The van der Waals surface area contributed by atoms with Crippen molar-refractivity contribution in [3.63, 3.8) is 0 Å². The van der Waals surface area contributed by atoms with Crippen LogP contribution in [0.4, 0.5) is 0 Å². The molecule has 1 rings (SSSR count). The van der Waals surface area contributed by atoms with E-state index in [1.165, 1.54) is 25.7 Å². The Hall–Kier alpha value is -0.240. The van der Waals surface area contributed by atoms with E-state index in [-0.39, 0.29) is 11.4 Å². The topological polar surface area (TPSA) is 29.1 Å². The molecular weight excluding hydrogens is 222 g/mol. The van der Waals surface area contributed by atoms with Crippen molar-refractivity contribution in [1.29, 1.82) is 0 Å². The second kappa shape index (κ2) is 7.16. The molecule has 1 fully saturated rings. The number of carbonyl (C=O) groups is 1. The number of hydrogen-bond acceptors (Lipinski definition) is 1. The Morgan fingerprint density at radius 3 is 2.50 bits per heavy atom. The van der Waals surface area contributed by atoms with E-state index in [9.17, 15) is 4.79 Å². The maximum absolute atomic E-state index is 11.8. The van der Waals surface area contributed by atoms with E-state index in [0.29, 0.717) is 12.3 Å². The van der Waals surface area contributed by atoms with Gasteiger partial charge >= 0.3 is 0 Å². The van der Waals surface area contributed by atoms with Gasteiger partial charge in [-0.05, 0) is 19.3 Å². The van der Waals surface area contributed by atoms with Crippen molar-refractivity contribution in [1.82, 2.24) is 5.32 Å². The predicted octanol–water partition coefficient (Wildman–Crippen LogP) is 3.62. The van der Waals surface area contributed by atoms with Gasteiger partial charge in [0.25, 0.3) is 0 Å². The lowest BCUT2D eigenvalue weighted by Crippen LogP contribution is -2.47.